The van der Waals surface area contributed by atoms with Crippen molar-refractivity contribution in [3.63, 3.8) is 0 Å². The van der Waals surface area contributed by atoms with Crippen LogP contribution < -0.4 is 0 Å². The van der Waals surface area contributed by atoms with Gasteiger partial charge >= 0.3 is 0 Å². The molecule has 0 radical (unpaired) electrons. The van der Waals surface area contributed by atoms with Gasteiger partial charge in [-0.05, 0) is 44.5 Å². The number of halogens is 1. The Morgan fingerprint density at radius 3 is 2.35 bits per heavy atom. The van der Waals surface area contributed by atoms with Gasteiger partial charge in [0.2, 0.25) is 0 Å². The maximum absolute atomic E-state index is 12.3. The number of nitrogens with zero attached hydrogens (tertiary/aromatic N) is 2. The predicted octanol–water partition coefficient (Wildman–Crippen LogP) is 3.43. The molecule has 1 saturated heterocycles. The number of likely N-dealkylation sites (tertiary alicyclic amines) is 1. The molecule has 0 atom stereocenters. The molecule has 1 aromatic carbocycles. The lowest BCUT2D eigenvalue weighted by Crippen LogP contribution is -2.60. The Morgan fingerprint density at radius 2 is 1.85 bits per heavy atom. The van der Waals surface area contributed by atoms with E-state index in [1.807, 2.05) is 51.1 Å². The summed E-state index contributed by atoms with van der Waals surface area (Å²) in [5.41, 5.74) is 1.21. The summed E-state index contributed by atoms with van der Waals surface area (Å²) in [6, 6.07) is 7.75. The van der Waals surface area contributed by atoms with Gasteiger partial charge in [-0.1, -0.05) is 33.2 Å². The van der Waals surface area contributed by atoms with Crippen LogP contribution in [0.1, 0.15) is 26.3 Å². The number of hydrogen-bond donors (Lipinski definition) is 0. The second-order valence-corrected chi connectivity index (χ2v) is 6.43. The lowest BCUT2D eigenvalue weighted by Gasteiger charge is -2.43. The number of β-lactam (4-membered cyclic amide) rings is 1. The third-order valence-electron chi connectivity index (χ3n) is 2.92. The van der Waals surface area contributed by atoms with Crippen molar-refractivity contribution in [3.05, 3.63) is 39.9 Å². The second-order valence-electron chi connectivity index (χ2n) is 5.52. The van der Waals surface area contributed by atoms with E-state index in [1.165, 1.54) is 7.11 Å². The molecule has 1 heterocycles. The van der Waals surface area contributed by atoms with Crippen LogP contribution in [0.5, 0.6) is 0 Å². The first-order valence-corrected chi connectivity index (χ1v) is 7.07. The summed E-state index contributed by atoms with van der Waals surface area (Å²) in [7, 11) is 1.48. The van der Waals surface area contributed by atoms with E-state index in [1.54, 1.807) is 4.90 Å². The van der Waals surface area contributed by atoms with Crippen molar-refractivity contribution >= 4 is 33.7 Å². The summed E-state index contributed by atoms with van der Waals surface area (Å²) in [4.78, 5) is 18.8. The summed E-state index contributed by atoms with van der Waals surface area (Å²) >= 11 is 3.39. The molecule has 0 aromatic heterocycles. The number of amidine groups is 1. The maximum Gasteiger partial charge on any atom is 0.263 e. The van der Waals surface area contributed by atoms with Crippen LogP contribution in [0.25, 0.3) is 6.08 Å². The average Bonchev–Trinajstić information content (AvgIpc) is 2.36. The first-order chi connectivity index (χ1) is 9.34. The van der Waals surface area contributed by atoms with E-state index in [2.05, 4.69) is 21.1 Å². The topological polar surface area (TPSA) is 41.9 Å². The highest BCUT2D eigenvalue weighted by Crippen LogP contribution is 2.31. The first kappa shape index (κ1) is 14.8. The zero-order valence-corrected chi connectivity index (χ0v) is 13.6. The van der Waals surface area contributed by atoms with Crippen LogP contribution in [0.3, 0.4) is 0 Å². The quantitative estimate of drug-likeness (QED) is 0.471. The van der Waals surface area contributed by atoms with Gasteiger partial charge in [-0.2, -0.15) is 0 Å². The third-order valence-corrected chi connectivity index (χ3v) is 3.44. The van der Waals surface area contributed by atoms with Gasteiger partial charge in [-0.25, -0.2) is 0 Å². The minimum Gasteiger partial charge on any atom is -0.397 e. The van der Waals surface area contributed by atoms with Crippen molar-refractivity contribution in [2.24, 2.45) is 5.16 Å². The molecular formula is C15H17BrN2O2. The Balaban J connectivity index is 2.35. The molecular weight excluding hydrogens is 320 g/mol. The summed E-state index contributed by atoms with van der Waals surface area (Å²) in [5.74, 6) is 0.545. The molecule has 1 aliphatic heterocycles. The van der Waals surface area contributed by atoms with Crippen LogP contribution in [0.4, 0.5) is 0 Å². The number of rotatable bonds is 2. The van der Waals surface area contributed by atoms with E-state index in [4.69, 9.17) is 4.84 Å². The van der Waals surface area contributed by atoms with Crippen LogP contribution >= 0.6 is 15.9 Å². The summed E-state index contributed by atoms with van der Waals surface area (Å²) in [6.07, 6.45) is 1.83. The van der Waals surface area contributed by atoms with Crippen LogP contribution in [-0.4, -0.2) is 29.3 Å². The fourth-order valence-electron chi connectivity index (χ4n) is 2.03. The molecule has 5 heteroatoms. The van der Waals surface area contributed by atoms with E-state index in [0.717, 1.165) is 10.0 Å². The van der Waals surface area contributed by atoms with Crippen molar-refractivity contribution in [1.29, 1.82) is 0 Å². The molecule has 1 amide bonds. The van der Waals surface area contributed by atoms with Crippen LogP contribution in [0.15, 0.2) is 39.5 Å². The molecule has 106 valence electrons. The number of carbonyl (C=O) groups excluding carboxylic acids is 1. The number of oxime groups is 1. The van der Waals surface area contributed by atoms with Gasteiger partial charge in [0.1, 0.15) is 7.11 Å². The molecule has 20 heavy (non-hydrogen) atoms. The van der Waals surface area contributed by atoms with Crippen LogP contribution in [0, 0.1) is 0 Å². The zero-order valence-electron chi connectivity index (χ0n) is 12.0. The second kappa shape index (κ2) is 5.40. The van der Waals surface area contributed by atoms with E-state index in [-0.39, 0.29) is 11.4 Å². The van der Waals surface area contributed by atoms with Gasteiger partial charge < -0.3 is 4.84 Å². The van der Waals surface area contributed by atoms with Gasteiger partial charge in [0.25, 0.3) is 5.91 Å². The fraction of sp³-hybridized carbons (Fsp3) is 0.333. The molecule has 1 aromatic rings. The smallest absolute Gasteiger partial charge is 0.263 e. The minimum absolute atomic E-state index is 0.0313. The van der Waals surface area contributed by atoms with Crippen molar-refractivity contribution in [3.8, 4) is 0 Å². The number of carbonyl (C=O) groups is 1. The maximum atomic E-state index is 12.3. The molecule has 2 rings (SSSR count). The average molecular weight is 337 g/mol. The van der Waals surface area contributed by atoms with Gasteiger partial charge in [0.05, 0.1) is 5.57 Å². The Labute approximate surface area is 127 Å². The summed E-state index contributed by atoms with van der Waals surface area (Å²) in [6.45, 7) is 5.89. The molecule has 4 nitrogen and oxygen atoms in total. The monoisotopic (exact) mass is 336 g/mol. The zero-order chi connectivity index (χ0) is 14.9. The molecule has 0 bridgehead atoms. The van der Waals surface area contributed by atoms with Gasteiger partial charge in [0.15, 0.2) is 5.84 Å². The Morgan fingerprint density at radius 1 is 1.25 bits per heavy atom. The molecule has 0 N–H and O–H groups in total. The van der Waals surface area contributed by atoms with Crippen LogP contribution in [0.2, 0.25) is 0 Å². The standard InChI is InChI=1S/C15H17BrN2O2/c1-15(2,3)18-13(17-20-4)12(14(18)19)9-10-5-7-11(16)8-6-10/h5-9H,1-4H3/b12-9+,17-13+. The Bertz CT molecular complexity index is 583. The normalized spacial score (nSPS) is 19.4. The predicted molar refractivity (Wildman–Crippen MR) is 83.2 cm³/mol. The minimum atomic E-state index is -0.314. The van der Waals surface area contributed by atoms with Crippen molar-refractivity contribution in [1.82, 2.24) is 4.90 Å². The van der Waals surface area contributed by atoms with E-state index in [9.17, 15) is 4.79 Å². The van der Waals surface area contributed by atoms with Crippen LogP contribution in [-0.2, 0) is 9.63 Å². The lowest BCUT2D eigenvalue weighted by atomic mass is 9.93. The van der Waals surface area contributed by atoms with Gasteiger partial charge in [-0.15, -0.1) is 0 Å². The third kappa shape index (κ3) is 2.77. The van der Waals surface area contributed by atoms with E-state index in [0.29, 0.717) is 11.4 Å². The molecule has 1 aliphatic rings. The Kier molecular flexibility index (Phi) is 3.99. The number of benzene rings is 1. The summed E-state index contributed by atoms with van der Waals surface area (Å²) < 4.78 is 1.00. The van der Waals surface area contributed by atoms with Crippen molar-refractivity contribution in [2.45, 2.75) is 26.3 Å². The highest BCUT2D eigenvalue weighted by Gasteiger charge is 2.45. The highest BCUT2D eigenvalue weighted by atomic mass is 79.9. The molecule has 0 spiro atoms. The van der Waals surface area contributed by atoms with Gasteiger partial charge in [0, 0.05) is 10.0 Å². The summed E-state index contributed by atoms with van der Waals surface area (Å²) in [5, 5.41) is 3.97. The molecule has 0 aliphatic carbocycles. The number of hydrogen-bond acceptors (Lipinski definition) is 3. The highest BCUT2D eigenvalue weighted by molar-refractivity contribution is 9.10. The fourth-order valence-corrected chi connectivity index (χ4v) is 2.29. The molecule has 0 saturated carbocycles. The van der Waals surface area contributed by atoms with Crippen molar-refractivity contribution < 1.29 is 9.63 Å². The number of amides is 1. The van der Waals surface area contributed by atoms with Crippen molar-refractivity contribution in [2.75, 3.05) is 7.11 Å². The first-order valence-electron chi connectivity index (χ1n) is 6.28. The SMILES string of the molecule is CO/N=C1\C(=C/c2ccc(Br)cc2)C(=O)N1C(C)(C)C. The van der Waals surface area contributed by atoms with Gasteiger partial charge in [-0.3, -0.25) is 9.69 Å². The Hall–Kier alpha value is -1.62. The largest absolute Gasteiger partial charge is 0.397 e. The van der Waals surface area contributed by atoms with E-state index < -0.39 is 0 Å². The lowest BCUT2D eigenvalue weighted by molar-refractivity contribution is -0.129. The molecule has 0 unspecified atom stereocenters. The molecule has 1 fully saturated rings. The van der Waals surface area contributed by atoms with E-state index >= 15 is 0 Å².